The van der Waals surface area contributed by atoms with Crippen LogP contribution in [0.4, 0.5) is 11.8 Å². The van der Waals surface area contributed by atoms with Gasteiger partial charge in [0.25, 0.3) is 0 Å². The predicted molar refractivity (Wildman–Crippen MR) is 113 cm³/mol. The van der Waals surface area contributed by atoms with E-state index in [9.17, 15) is 0 Å². The summed E-state index contributed by atoms with van der Waals surface area (Å²) in [6, 6.07) is 6.29. The van der Waals surface area contributed by atoms with E-state index >= 15 is 0 Å². The van der Waals surface area contributed by atoms with E-state index in [-0.39, 0.29) is 12.0 Å². The number of ether oxygens (including phenoxy) is 1. The van der Waals surface area contributed by atoms with Gasteiger partial charge in [-0.2, -0.15) is 10.1 Å². The second-order valence-corrected chi connectivity index (χ2v) is 7.10. The number of unbranched alkanes of at least 4 members (excludes halogenated alkanes) is 1. The van der Waals surface area contributed by atoms with Crippen LogP contribution in [0.1, 0.15) is 37.8 Å². The molecule has 0 amide bonds. The molecule has 0 saturated heterocycles. The largest absolute Gasteiger partial charge is 0.496 e. The average molecular weight is 384 g/mol. The number of benzene rings is 1. The summed E-state index contributed by atoms with van der Waals surface area (Å²) in [7, 11) is 1.68. The Hall–Kier alpha value is -2.87. The third-order valence-corrected chi connectivity index (χ3v) is 4.49. The molecule has 1 atom stereocenters. The Morgan fingerprint density at radius 3 is 2.82 bits per heavy atom. The molecule has 8 nitrogen and oxygen atoms in total. The molecular formula is C20H29N7O. The number of hydrogen-bond donors (Lipinski definition) is 3. The van der Waals surface area contributed by atoms with E-state index in [4.69, 9.17) is 16.2 Å². The number of rotatable bonds is 9. The molecule has 0 bridgehead atoms. The molecule has 1 aromatic carbocycles. The summed E-state index contributed by atoms with van der Waals surface area (Å²) in [5, 5.41) is 7.98. The molecule has 0 unspecified atom stereocenters. The molecule has 0 saturated carbocycles. The van der Waals surface area contributed by atoms with E-state index in [1.807, 2.05) is 23.9 Å². The van der Waals surface area contributed by atoms with Crippen molar-refractivity contribution in [1.29, 1.82) is 0 Å². The van der Waals surface area contributed by atoms with Crippen molar-refractivity contribution in [2.24, 2.45) is 5.73 Å². The molecule has 0 spiro atoms. The number of anilines is 2. The summed E-state index contributed by atoms with van der Waals surface area (Å²) in [5.41, 5.74) is 15.4. The highest BCUT2D eigenvalue weighted by molar-refractivity contribution is 5.85. The van der Waals surface area contributed by atoms with Gasteiger partial charge in [0.15, 0.2) is 11.3 Å². The van der Waals surface area contributed by atoms with Crippen LogP contribution in [0, 0.1) is 0 Å². The number of hydrogen-bond acceptors (Lipinski definition) is 7. The van der Waals surface area contributed by atoms with Gasteiger partial charge in [-0.25, -0.2) is 4.98 Å². The number of methoxy groups -OCH3 is 1. The highest BCUT2D eigenvalue weighted by Gasteiger charge is 2.13. The Kier molecular flexibility index (Phi) is 6.30. The number of nitrogens with zero attached hydrogens (tertiary/aromatic N) is 4. The summed E-state index contributed by atoms with van der Waals surface area (Å²) in [6.07, 6.45) is 4.85. The molecule has 0 aliphatic heterocycles. The van der Waals surface area contributed by atoms with E-state index in [1.165, 1.54) is 0 Å². The molecule has 0 aliphatic rings. The molecule has 0 fully saturated rings. The highest BCUT2D eigenvalue weighted by atomic mass is 16.5. The summed E-state index contributed by atoms with van der Waals surface area (Å²) >= 11 is 0. The van der Waals surface area contributed by atoms with Gasteiger partial charge in [-0.15, -0.1) is 0 Å². The van der Waals surface area contributed by atoms with Crippen LogP contribution < -0.4 is 21.5 Å². The zero-order chi connectivity index (χ0) is 20.1. The van der Waals surface area contributed by atoms with Crippen molar-refractivity contribution < 1.29 is 4.74 Å². The molecule has 3 rings (SSSR count). The van der Waals surface area contributed by atoms with Gasteiger partial charge in [0.2, 0.25) is 5.95 Å². The molecule has 28 heavy (non-hydrogen) atoms. The molecule has 2 heterocycles. The number of nitrogens with two attached hydrogens (primary N) is 2. The molecule has 2 aromatic heterocycles. The minimum absolute atomic E-state index is 0.106. The van der Waals surface area contributed by atoms with Crippen LogP contribution in [0.3, 0.4) is 0 Å². The van der Waals surface area contributed by atoms with Crippen molar-refractivity contribution in [2.75, 3.05) is 24.7 Å². The smallest absolute Gasteiger partial charge is 0.222 e. The Balaban J connectivity index is 1.87. The van der Waals surface area contributed by atoms with E-state index in [0.29, 0.717) is 12.4 Å². The van der Waals surface area contributed by atoms with Crippen LogP contribution in [-0.2, 0) is 13.0 Å². The SMILES string of the molecule is CCCCNc1nc(N)nc2cn(Cc3ccc(C[C@@H](C)N)cc3OC)nc12. The Labute approximate surface area is 165 Å². The lowest BCUT2D eigenvalue weighted by Crippen LogP contribution is -2.17. The van der Waals surface area contributed by atoms with Gasteiger partial charge in [0.05, 0.1) is 19.9 Å². The fourth-order valence-corrected chi connectivity index (χ4v) is 3.16. The quantitative estimate of drug-likeness (QED) is 0.486. The molecule has 5 N–H and O–H groups in total. The first-order valence-electron chi connectivity index (χ1n) is 9.66. The summed E-state index contributed by atoms with van der Waals surface area (Å²) < 4.78 is 7.42. The lowest BCUT2D eigenvalue weighted by Gasteiger charge is -2.12. The maximum Gasteiger partial charge on any atom is 0.222 e. The number of aromatic nitrogens is 4. The van der Waals surface area contributed by atoms with Crippen LogP contribution in [0.15, 0.2) is 24.4 Å². The van der Waals surface area contributed by atoms with Crippen molar-refractivity contribution in [1.82, 2.24) is 19.7 Å². The van der Waals surface area contributed by atoms with E-state index < -0.39 is 0 Å². The van der Waals surface area contributed by atoms with Gasteiger partial charge in [0.1, 0.15) is 11.3 Å². The van der Waals surface area contributed by atoms with E-state index in [1.54, 1.807) is 7.11 Å². The molecule has 3 aromatic rings. The molecule has 8 heteroatoms. The Morgan fingerprint density at radius 1 is 1.29 bits per heavy atom. The molecular weight excluding hydrogens is 354 g/mol. The van der Waals surface area contributed by atoms with Gasteiger partial charge in [-0.1, -0.05) is 25.5 Å². The Morgan fingerprint density at radius 2 is 2.11 bits per heavy atom. The minimum Gasteiger partial charge on any atom is -0.496 e. The van der Waals surface area contributed by atoms with Crippen molar-refractivity contribution in [2.45, 2.75) is 45.7 Å². The summed E-state index contributed by atoms with van der Waals surface area (Å²) in [5.74, 6) is 1.74. The van der Waals surface area contributed by atoms with Gasteiger partial charge in [-0.05, 0) is 31.4 Å². The highest BCUT2D eigenvalue weighted by Crippen LogP contribution is 2.24. The van der Waals surface area contributed by atoms with E-state index in [0.717, 1.165) is 53.7 Å². The normalized spacial score (nSPS) is 12.3. The van der Waals surface area contributed by atoms with Crippen molar-refractivity contribution in [3.05, 3.63) is 35.5 Å². The van der Waals surface area contributed by atoms with Gasteiger partial charge < -0.3 is 21.5 Å². The summed E-state index contributed by atoms with van der Waals surface area (Å²) in [4.78, 5) is 8.62. The number of fused-ring (bicyclic) bond motifs is 1. The topological polar surface area (TPSA) is 117 Å². The Bertz CT molecular complexity index is 936. The van der Waals surface area contributed by atoms with Gasteiger partial charge in [-0.3, -0.25) is 4.68 Å². The van der Waals surface area contributed by atoms with Gasteiger partial charge in [0, 0.05) is 18.2 Å². The first-order valence-corrected chi connectivity index (χ1v) is 9.66. The van der Waals surface area contributed by atoms with Crippen LogP contribution >= 0.6 is 0 Å². The minimum atomic E-state index is 0.106. The number of nitrogen functional groups attached to an aromatic ring is 1. The second kappa shape index (κ2) is 8.88. The van der Waals surface area contributed by atoms with Crippen molar-refractivity contribution >= 4 is 22.8 Å². The lowest BCUT2D eigenvalue weighted by atomic mass is 10.0. The number of nitrogens with one attached hydrogen (secondary N) is 1. The third kappa shape index (κ3) is 4.69. The predicted octanol–water partition coefficient (Wildman–Crippen LogP) is 2.57. The summed E-state index contributed by atoms with van der Waals surface area (Å²) in [6.45, 7) is 5.53. The zero-order valence-corrected chi connectivity index (χ0v) is 16.8. The second-order valence-electron chi connectivity index (χ2n) is 7.10. The maximum absolute atomic E-state index is 5.91. The standard InChI is InChI=1S/C20H29N7O/c1-4-5-8-23-19-18-16(24-20(22)25-19)12-27(26-18)11-15-7-6-14(9-13(2)21)10-17(15)28-3/h6-7,10,12-13H,4-5,8-9,11,21H2,1-3H3,(H3,22,23,24,25)/t13-/m1/s1. The first-order chi connectivity index (χ1) is 13.5. The molecule has 150 valence electrons. The average Bonchev–Trinajstić information content (AvgIpc) is 3.05. The maximum atomic E-state index is 5.91. The van der Waals surface area contributed by atoms with Crippen molar-refractivity contribution in [3.63, 3.8) is 0 Å². The van der Waals surface area contributed by atoms with Crippen LogP contribution in [0.2, 0.25) is 0 Å². The molecule has 0 aliphatic carbocycles. The van der Waals surface area contributed by atoms with E-state index in [2.05, 4.69) is 39.4 Å². The first kappa shape index (κ1) is 19.9. The zero-order valence-electron chi connectivity index (χ0n) is 16.8. The lowest BCUT2D eigenvalue weighted by molar-refractivity contribution is 0.406. The molecule has 0 radical (unpaired) electrons. The van der Waals surface area contributed by atoms with Crippen LogP contribution in [0.5, 0.6) is 5.75 Å². The third-order valence-electron chi connectivity index (χ3n) is 4.49. The van der Waals surface area contributed by atoms with Gasteiger partial charge >= 0.3 is 0 Å². The van der Waals surface area contributed by atoms with Crippen LogP contribution in [0.25, 0.3) is 11.0 Å². The van der Waals surface area contributed by atoms with Crippen LogP contribution in [-0.4, -0.2) is 39.4 Å². The van der Waals surface area contributed by atoms with Crippen molar-refractivity contribution in [3.8, 4) is 5.75 Å². The fraction of sp³-hybridized carbons (Fsp3) is 0.450. The fourth-order valence-electron chi connectivity index (χ4n) is 3.16. The monoisotopic (exact) mass is 383 g/mol.